The van der Waals surface area contributed by atoms with Crippen LogP contribution in [0.5, 0.6) is 0 Å². The molecular formula is C7H12O. The molecule has 0 N–H and O–H groups in total. The van der Waals surface area contributed by atoms with Gasteiger partial charge in [0.25, 0.3) is 0 Å². The van der Waals surface area contributed by atoms with Crippen LogP contribution in [0.3, 0.4) is 0 Å². The summed E-state index contributed by atoms with van der Waals surface area (Å²) in [5.74, 6) is 0. The molecule has 0 radical (unpaired) electrons. The molecule has 0 atom stereocenters. The first-order chi connectivity index (χ1) is 3.62. The van der Waals surface area contributed by atoms with Crippen LogP contribution in [0, 0.1) is 0 Å². The molecular weight excluding hydrogens is 100 g/mol. The maximum atomic E-state index is 5.02. The van der Waals surface area contributed by atoms with E-state index in [1.54, 1.807) is 13.2 Å². The second-order valence-corrected chi connectivity index (χ2v) is 2.16. The average Bonchev–Trinajstić information content (AvgIpc) is 1.67. The molecule has 1 nitrogen and oxygen atoms in total. The van der Waals surface area contributed by atoms with Gasteiger partial charge in [0.2, 0.25) is 0 Å². The molecule has 0 aliphatic heterocycles. The van der Waals surface area contributed by atoms with Crippen LogP contribution in [0.15, 0.2) is 18.4 Å². The molecule has 0 aromatic rings. The predicted octanol–water partition coefficient (Wildman–Crippen LogP) is 1.75. The molecule has 0 saturated carbocycles. The number of hydrogen-bond donors (Lipinski definition) is 0. The Kier molecular flexibility index (Phi) is 2.53. The van der Waals surface area contributed by atoms with Gasteiger partial charge in [0.1, 0.15) is 0 Å². The fraction of sp³-hybridized carbons (Fsp3) is 0.571. The third-order valence-electron chi connectivity index (χ3n) is 0.976. The minimum Gasteiger partial charge on any atom is -0.374 e. The van der Waals surface area contributed by atoms with Gasteiger partial charge in [-0.05, 0) is 19.9 Å². The van der Waals surface area contributed by atoms with Crippen molar-refractivity contribution in [1.82, 2.24) is 0 Å². The molecule has 8 heavy (non-hydrogen) atoms. The zero-order valence-corrected chi connectivity index (χ0v) is 5.69. The maximum absolute atomic E-state index is 5.02. The highest BCUT2D eigenvalue weighted by Gasteiger charge is 2.09. The monoisotopic (exact) mass is 112 g/mol. The first kappa shape index (κ1) is 7.48. The number of methoxy groups -OCH3 is 1. The van der Waals surface area contributed by atoms with Gasteiger partial charge in [-0.3, -0.25) is 0 Å². The van der Waals surface area contributed by atoms with Crippen LogP contribution in [0.25, 0.3) is 0 Å². The second kappa shape index (κ2) is 2.71. The van der Waals surface area contributed by atoms with E-state index in [1.165, 1.54) is 0 Å². The van der Waals surface area contributed by atoms with Crippen LogP contribution in [0.2, 0.25) is 0 Å². The lowest BCUT2D eigenvalue weighted by Crippen LogP contribution is -2.17. The largest absolute Gasteiger partial charge is 0.374 e. The van der Waals surface area contributed by atoms with E-state index in [-0.39, 0.29) is 5.60 Å². The fourth-order valence-corrected chi connectivity index (χ4v) is 0.305. The zero-order valence-electron chi connectivity index (χ0n) is 5.69. The average molecular weight is 112 g/mol. The molecule has 1 heteroatoms. The summed E-state index contributed by atoms with van der Waals surface area (Å²) in [6.45, 7) is 7.33. The van der Waals surface area contributed by atoms with Crippen LogP contribution in [0.1, 0.15) is 13.8 Å². The van der Waals surface area contributed by atoms with Crippen LogP contribution in [0.4, 0.5) is 0 Å². The van der Waals surface area contributed by atoms with Crippen LogP contribution >= 0.6 is 0 Å². The molecule has 0 aromatic carbocycles. The van der Waals surface area contributed by atoms with E-state index < -0.39 is 0 Å². The molecule has 0 saturated heterocycles. The summed E-state index contributed by atoms with van der Waals surface area (Å²) in [6.07, 6.45) is 1.78. The van der Waals surface area contributed by atoms with Crippen LogP contribution < -0.4 is 0 Å². The summed E-state index contributed by atoms with van der Waals surface area (Å²) < 4.78 is 5.02. The van der Waals surface area contributed by atoms with Gasteiger partial charge in [-0.15, -0.1) is 5.73 Å². The van der Waals surface area contributed by atoms with Crippen molar-refractivity contribution >= 4 is 0 Å². The summed E-state index contributed by atoms with van der Waals surface area (Å²) >= 11 is 0. The Morgan fingerprint density at radius 2 is 2.12 bits per heavy atom. The summed E-state index contributed by atoms with van der Waals surface area (Å²) in [5.41, 5.74) is 2.45. The Balaban J connectivity index is 3.90. The van der Waals surface area contributed by atoms with Crippen molar-refractivity contribution in [1.29, 1.82) is 0 Å². The van der Waals surface area contributed by atoms with Crippen molar-refractivity contribution in [3.05, 3.63) is 18.4 Å². The maximum Gasteiger partial charge on any atom is 0.0875 e. The quantitative estimate of drug-likeness (QED) is 0.494. The summed E-state index contributed by atoms with van der Waals surface area (Å²) in [5, 5.41) is 0. The standard InChI is InChI=1S/C7H12O/c1-5-6-7(2,3)8-4/h6H,1H2,2-4H3. The van der Waals surface area contributed by atoms with Crippen LogP contribution in [-0.4, -0.2) is 12.7 Å². The van der Waals surface area contributed by atoms with Crippen molar-refractivity contribution in [2.45, 2.75) is 19.4 Å². The van der Waals surface area contributed by atoms with Gasteiger partial charge >= 0.3 is 0 Å². The molecule has 0 aliphatic carbocycles. The Bertz CT molecular complexity index is 108. The van der Waals surface area contributed by atoms with E-state index in [2.05, 4.69) is 12.3 Å². The third-order valence-corrected chi connectivity index (χ3v) is 0.976. The summed E-state index contributed by atoms with van der Waals surface area (Å²) in [6, 6.07) is 0. The van der Waals surface area contributed by atoms with E-state index in [1.807, 2.05) is 13.8 Å². The van der Waals surface area contributed by atoms with Gasteiger partial charge in [-0.1, -0.05) is 6.58 Å². The van der Waals surface area contributed by atoms with E-state index in [0.29, 0.717) is 0 Å². The fourth-order valence-electron chi connectivity index (χ4n) is 0.305. The highest BCUT2D eigenvalue weighted by molar-refractivity contribution is 4.93. The minimum absolute atomic E-state index is 0.207. The Hall–Kier alpha value is -0.520. The van der Waals surface area contributed by atoms with Crippen molar-refractivity contribution in [2.24, 2.45) is 0 Å². The molecule has 0 aromatic heterocycles. The molecule has 0 heterocycles. The lowest BCUT2D eigenvalue weighted by atomic mass is 10.1. The first-order valence-electron chi connectivity index (χ1n) is 2.54. The molecule has 0 fully saturated rings. The molecule has 0 rings (SSSR count). The number of ether oxygens (including phenoxy) is 1. The molecule has 0 unspecified atom stereocenters. The predicted molar refractivity (Wildman–Crippen MR) is 34.8 cm³/mol. The zero-order chi connectivity index (χ0) is 6.62. The van der Waals surface area contributed by atoms with Crippen molar-refractivity contribution in [3.63, 3.8) is 0 Å². The lowest BCUT2D eigenvalue weighted by molar-refractivity contribution is 0.0658. The lowest BCUT2D eigenvalue weighted by Gasteiger charge is -2.15. The first-order valence-corrected chi connectivity index (χ1v) is 2.54. The third kappa shape index (κ3) is 2.62. The summed E-state index contributed by atoms with van der Waals surface area (Å²) in [4.78, 5) is 0. The minimum atomic E-state index is -0.207. The molecule has 46 valence electrons. The second-order valence-electron chi connectivity index (χ2n) is 2.16. The van der Waals surface area contributed by atoms with Gasteiger partial charge in [0.05, 0.1) is 5.60 Å². The van der Waals surface area contributed by atoms with Gasteiger partial charge in [0.15, 0.2) is 0 Å². The van der Waals surface area contributed by atoms with E-state index in [4.69, 9.17) is 4.74 Å². The highest BCUT2D eigenvalue weighted by atomic mass is 16.5. The molecule has 0 aliphatic rings. The molecule has 0 amide bonds. The van der Waals surface area contributed by atoms with E-state index in [0.717, 1.165) is 0 Å². The van der Waals surface area contributed by atoms with Crippen molar-refractivity contribution in [3.8, 4) is 0 Å². The molecule has 0 bridgehead atoms. The molecule has 0 spiro atoms. The normalized spacial score (nSPS) is 10.4. The van der Waals surface area contributed by atoms with Crippen molar-refractivity contribution in [2.75, 3.05) is 7.11 Å². The van der Waals surface area contributed by atoms with Crippen LogP contribution in [-0.2, 0) is 4.74 Å². The topological polar surface area (TPSA) is 9.23 Å². The Morgan fingerprint density at radius 3 is 2.25 bits per heavy atom. The Morgan fingerprint density at radius 1 is 1.62 bits per heavy atom. The van der Waals surface area contributed by atoms with Gasteiger partial charge in [0, 0.05) is 7.11 Å². The van der Waals surface area contributed by atoms with E-state index in [9.17, 15) is 0 Å². The highest BCUT2D eigenvalue weighted by Crippen LogP contribution is 2.06. The Labute approximate surface area is 50.7 Å². The van der Waals surface area contributed by atoms with Gasteiger partial charge in [-0.25, -0.2) is 0 Å². The van der Waals surface area contributed by atoms with Crippen molar-refractivity contribution < 1.29 is 4.74 Å². The van der Waals surface area contributed by atoms with E-state index >= 15 is 0 Å². The smallest absolute Gasteiger partial charge is 0.0875 e. The van der Waals surface area contributed by atoms with Gasteiger partial charge < -0.3 is 4.74 Å². The SMILES string of the molecule is C=C=CC(C)(C)OC. The summed E-state index contributed by atoms with van der Waals surface area (Å²) in [7, 11) is 1.66. The number of rotatable bonds is 2. The van der Waals surface area contributed by atoms with Gasteiger partial charge in [-0.2, -0.15) is 0 Å². The number of hydrogen-bond acceptors (Lipinski definition) is 1.